The van der Waals surface area contributed by atoms with Gasteiger partial charge in [0.1, 0.15) is 11.6 Å². The normalized spacial score (nSPS) is 19.1. The summed E-state index contributed by atoms with van der Waals surface area (Å²) in [7, 11) is -17.2. The van der Waals surface area contributed by atoms with E-state index < -0.39 is 62.1 Å². The Morgan fingerprint density at radius 2 is 1.45 bits per heavy atom. The molecule has 0 amide bonds. The minimum Gasteiger partial charge on any atom is -0.344 e. The van der Waals surface area contributed by atoms with Gasteiger partial charge in [0.05, 0.1) is 33.9 Å². The summed E-state index contributed by atoms with van der Waals surface area (Å²) < 4.78 is 138. The van der Waals surface area contributed by atoms with Crippen LogP contribution < -0.4 is 4.90 Å². The van der Waals surface area contributed by atoms with Gasteiger partial charge in [-0.15, -0.1) is 16.1 Å². The molecule has 3 aliphatic rings. The number of thioether (sulfide) groups is 1. The third-order valence-electron chi connectivity index (χ3n) is 11.1. The molecule has 2 aliphatic heterocycles. The molecule has 0 unspecified atom stereocenters. The molecule has 0 fully saturated rings. The van der Waals surface area contributed by atoms with Gasteiger partial charge in [0.15, 0.2) is 5.71 Å². The van der Waals surface area contributed by atoms with Gasteiger partial charge in [-0.2, -0.15) is 38.2 Å². The highest BCUT2D eigenvalue weighted by atomic mass is 32.3. The molecule has 17 nitrogen and oxygen atoms in total. The highest BCUT2D eigenvalue weighted by Crippen LogP contribution is 2.49. The van der Waals surface area contributed by atoms with E-state index >= 15 is 0 Å². The van der Waals surface area contributed by atoms with E-state index in [1.807, 2.05) is 69.0 Å². The Kier molecular flexibility index (Phi) is 15.9. The fourth-order valence-electron chi connectivity index (χ4n) is 8.11. The van der Waals surface area contributed by atoms with Crippen molar-refractivity contribution in [3.05, 3.63) is 94.2 Å². The number of benzene rings is 2. The number of rotatable bonds is 21. The minimum absolute atomic E-state index is 0.159. The molecule has 23 heteroatoms. The second kappa shape index (κ2) is 19.7. The van der Waals surface area contributed by atoms with Gasteiger partial charge >= 0.3 is 0 Å². The Balaban J connectivity index is 1.57. The second-order valence-electron chi connectivity index (χ2n) is 16.1. The summed E-state index contributed by atoms with van der Waals surface area (Å²) in [6, 6.07) is 9.85. The van der Waals surface area contributed by atoms with Gasteiger partial charge in [0, 0.05) is 58.1 Å². The fraction of sp³-hybridized carbons (Fsp3) is 0.462. The molecule has 62 heavy (non-hydrogen) atoms. The molecule has 342 valence electrons. The van der Waals surface area contributed by atoms with Crippen LogP contribution in [0.4, 0.5) is 11.4 Å². The van der Waals surface area contributed by atoms with E-state index in [4.69, 9.17) is 5.26 Å². The molecule has 5 rings (SSSR count). The Hall–Kier alpha value is -2.91. The summed E-state index contributed by atoms with van der Waals surface area (Å²) in [5.41, 5.74) is 5.88. The molecule has 0 saturated carbocycles. The van der Waals surface area contributed by atoms with Crippen LogP contribution in [0.15, 0.2) is 92.9 Å². The van der Waals surface area contributed by atoms with Crippen LogP contribution in [-0.4, -0.2) is 103 Å². The predicted molar refractivity (Wildman–Crippen MR) is 238 cm³/mol. The molecule has 0 radical (unpaired) electrons. The van der Waals surface area contributed by atoms with Crippen molar-refractivity contribution in [2.24, 2.45) is 0 Å². The molecular weight excluding hydrogens is 929 g/mol. The van der Waals surface area contributed by atoms with E-state index in [1.54, 1.807) is 12.1 Å². The molecule has 0 bridgehead atoms. The average molecular weight is 980 g/mol. The number of nitrogens with zero attached hydrogens (tertiary/aromatic N) is 2. The van der Waals surface area contributed by atoms with Crippen LogP contribution in [0.25, 0.3) is 0 Å². The third kappa shape index (κ3) is 12.7. The molecule has 2 aromatic carbocycles. The van der Waals surface area contributed by atoms with Crippen molar-refractivity contribution in [1.82, 2.24) is 0 Å². The number of allylic oxidation sites excluding steroid dienone is 7. The zero-order valence-electron chi connectivity index (χ0n) is 34.4. The molecule has 0 atom stereocenters. The summed E-state index contributed by atoms with van der Waals surface area (Å²) in [4.78, 5) is 2.31. The topological polar surface area (TPSA) is 262 Å². The van der Waals surface area contributed by atoms with Gasteiger partial charge in [-0.3, -0.25) is 18.2 Å². The number of hydrogen-bond acceptors (Lipinski definition) is 14. The van der Waals surface area contributed by atoms with Crippen LogP contribution in [0.5, 0.6) is 0 Å². The van der Waals surface area contributed by atoms with Crippen molar-refractivity contribution in [3.63, 3.8) is 0 Å². The Bertz CT molecular complexity index is 2670. The number of hydrogen-bond donors (Lipinski definition) is 5. The Morgan fingerprint density at radius 1 is 0.774 bits per heavy atom. The molecule has 0 aromatic heterocycles. The first kappa shape index (κ1) is 50.1. The monoisotopic (exact) mass is 979 g/mol. The lowest BCUT2D eigenvalue weighted by Crippen LogP contribution is -2.28. The van der Waals surface area contributed by atoms with Crippen molar-refractivity contribution >= 4 is 81.4 Å². The highest BCUT2D eigenvalue weighted by molar-refractivity contribution is 8.10. The van der Waals surface area contributed by atoms with Crippen LogP contribution in [-0.2, 0) is 60.7 Å². The van der Waals surface area contributed by atoms with Gasteiger partial charge in [0.25, 0.3) is 40.5 Å². The number of fused-ring (bicyclic) bond motifs is 2. The SMILES string of the molecule is CC1(C)C(C=CC2=C(CSCS(=O)(=O)O)C(=C/C=C3/N(CCCCS(=O)(=O)O)c4ccc(S(=O)(=O)O)cc4C3(C)C)CC2)=[N+](CCCCS(=O)(=O)O)c2ccc(SOOO)cc21. The smallest absolute Gasteiger partial charge is 0.294 e. The predicted octanol–water partition coefficient (Wildman–Crippen LogP) is 6.91. The molecular formula is C39H51N2O15S6+. The van der Waals surface area contributed by atoms with E-state index in [2.05, 4.69) is 13.9 Å². The highest BCUT2D eigenvalue weighted by Gasteiger charge is 2.45. The molecule has 5 N–H and O–H groups in total. The van der Waals surface area contributed by atoms with E-state index in [9.17, 15) is 51.9 Å². The number of anilines is 1. The van der Waals surface area contributed by atoms with Crippen molar-refractivity contribution in [1.29, 1.82) is 0 Å². The fourth-order valence-corrected chi connectivity index (χ4v) is 11.9. The standard InChI is InChI=1S/C39H50N2O15S6/c1-38(2)32-23-29(58-56-55-42)13-15-34(32)40(19-5-7-21-59(43,44)45)36(38)17-11-27-9-10-28(31(27)25-57-26-61(49,50)51)12-18-37-39(3,4)33-24-30(62(52,53)54)14-16-35(33)41(37)20-6-8-22-60(46,47)48/h11-18,23-24H,5-10,19-22,25-26H2,1-4H3,(H4-,42,43,44,45,46,47,48,49,50,51,52,53,54)/p+1. The van der Waals surface area contributed by atoms with Gasteiger partial charge in [-0.25, -0.2) is 5.26 Å². The van der Waals surface area contributed by atoms with Crippen molar-refractivity contribution in [2.75, 3.05) is 40.3 Å². The summed E-state index contributed by atoms with van der Waals surface area (Å²) >= 11 is 1.84. The van der Waals surface area contributed by atoms with E-state index in [-0.39, 0.29) is 29.2 Å². The van der Waals surface area contributed by atoms with Gasteiger partial charge in [-0.05, 0) is 105 Å². The molecule has 2 aromatic rings. The lowest BCUT2D eigenvalue weighted by Gasteiger charge is -2.27. The minimum atomic E-state index is -4.53. The number of unbranched alkanes of at least 4 members (excludes halogenated alkanes) is 2. The van der Waals surface area contributed by atoms with Gasteiger partial charge in [0.2, 0.25) is 5.69 Å². The van der Waals surface area contributed by atoms with Gasteiger partial charge in [-0.1, -0.05) is 31.0 Å². The summed E-state index contributed by atoms with van der Waals surface area (Å²) in [6.07, 6.45) is 10.1. The van der Waals surface area contributed by atoms with Crippen molar-refractivity contribution in [3.8, 4) is 0 Å². The molecule has 0 spiro atoms. The summed E-state index contributed by atoms with van der Waals surface area (Å²) in [6.45, 7) is 8.58. The van der Waals surface area contributed by atoms with Crippen LogP contribution >= 0.6 is 23.8 Å². The zero-order valence-corrected chi connectivity index (χ0v) is 39.3. The molecule has 0 saturated heterocycles. The summed E-state index contributed by atoms with van der Waals surface area (Å²) in [5, 5.41) is 12.0. The first-order valence-corrected chi connectivity index (χ1v) is 27.5. The van der Waals surface area contributed by atoms with Crippen LogP contribution in [0, 0.1) is 0 Å². The summed E-state index contributed by atoms with van der Waals surface area (Å²) in [5.74, 6) is -0.600. The van der Waals surface area contributed by atoms with Crippen LogP contribution in [0.1, 0.15) is 77.3 Å². The maximum absolute atomic E-state index is 12.1. The molecule has 2 heterocycles. The van der Waals surface area contributed by atoms with E-state index in [0.29, 0.717) is 54.9 Å². The quantitative estimate of drug-likeness (QED) is 0.0212. The van der Waals surface area contributed by atoms with Crippen LogP contribution in [0.2, 0.25) is 0 Å². The maximum atomic E-state index is 12.1. The Morgan fingerprint density at radius 3 is 2.08 bits per heavy atom. The van der Waals surface area contributed by atoms with Crippen molar-refractivity contribution < 1.29 is 71.1 Å². The van der Waals surface area contributed by atoms with E-state index in [1.165, 1.54) is 12.1 Å². The third-order valence-corrected chi connectivity index (χ3v) is 16.4. The second-order valence-corrected chi connectivity index (χ2v) is 24.3. The lowest BCUT2D eigenvalue weighted by atomic mass is 9.81. The largest absolute Gasteiger partial charge is 0.344 e. The van der Waals surface area contributed by atoms with Gasteiger partial charge < -0.3 is 4.90 Å². The lowest BCUT2D eigenvalue weighted by molar-refractivity contribution is -0.438. The zero-order chi connectivity index (χ0) is 45.9. The van der Waals surface area contributed by atoms with Crippen molar-refractivity contribution in [2.45, 2.75) is 86.8 Å². The first-order valence-electron chi connectivity index (χ1n) is 19.3. The first-order chi connectivity index (χ1) is 28.7. The average Bonchev–Trinajstić information content (AvgIpc) is 3.71. The van der Waals surface area contributed by atoms with E-state index in [0.717, 1.165) is 63.2 Å². The maximum Gasteiger partial charge on any atom is 0.294 e. The Labute approximate surface area is 371 Å². The van der Waals surface area contributed by atoms with Crippen LogP contribution in [0.3, 0.4) is 0 Å². The molecule has 1 aliphatic carbocycles.